The van der Waals surface area contributed by atoms with Crippen LogP contribution in [0.25, 0.3) is 0 Å². The predicted molar refractivity (Wildman–Crippen MR) is 50.7 cm³/mol. The number of aldehydes is 1. The van der Waals surface area contributed by atoms with Crippen molar-refractivity contribution in [2.45, 2.75) is 19.8 Å². The van der Waals surface area contributed by atoms with E-state index in [-0.39, 0.29) is 5.92 Å². The van der Waals surface area contributed by atoms with Crippen molar-refractivity contribution in [3.05, 3.63) is 34.3 Å². The van der Waals surface area contributed by atoms with Crippen molar-refractivity contribution in [1.82, 2.24) is 0 Å². The molecule has 0 aliphatic carbocycles. The Morgan fingerprint density at radius 1 is 1.50 bits per heavy atom. The summed E-state index contributed by atoms with van der Waals surface area (Å²) >= 11 is 5.84. The summed E-state index contributed by atoms with van der Waals surface area (Å²) in [5.41, 5.74) is 2.04. The molecule has 0 heterocycles. The monoisotopic (exact) mass is 182 g/mol. The van der Waals surface area contributed by atoms with Crippen LogP contribution >= 0.6 is 11.6 Å². The maximum atomic E-state index is 10.5. The molecule has 0 N–H and O–H groups in total. The molecular formula is C10H11ClO. The van der Waals surface area contributed by atoms with Gasteiger partial charge in [0.05, 0.1) is 0 Å². The zero-order chi connectivity index (χ0) is 9.14. The zero-order valence-electron chi connectivity index (χ0n) is 7.17. The van der Waals surface area contributed by atoms with Crippen molar-refractivity contribution in [2.75, 3.05) is 0 Å². The number of aryl methyl sites for hydroxylation is 1. The first-order chi connectivity index (χ1) is 5.65. The molecule has 0 radical (unpaired) electrons. The smallest absolute Gasteiger partial charge is 0.127 e. The third-order valence-electron chi connectivity index (χ3n) is 1.91. The molecular weight excluding hydrogens is 172 g/mol. The van der Waals surface area contributed by atoms with Gasteiger partial charge in [-0.2, -0.15) is 0 Å². The van der Waals surface area contributed by atoms with E-state index in [2.05, 4.69) is 0 Å². The minimum Gasteiger partial charge on any atom is -0.303 e. The number of benzene rings is 1. The average molecular weight is 183 g/mol. The number of rotatable bonds is 2. The van der Waals surface area contributed by atoms with Crippen molar-refractivity contribution in [1.29, 1.82) is 0 Å². The molecule has 2 heteroatoms. The van der Waals surface area contributed by atoms with Gasteiger partial charge in [0.25, 0.3) is 0 Å². The zero-order valence-corrected chi connectivity index (χ0v) is 7.93. The third kappa shape index (κ3) is 1.86. The fraction of sp³-hybridized carbons (Fsp3) is 0.300. The van der Waals surface area contributed by atoms with Crippen molar-refractivity contribution >= 4 is 17.9 Å². The van der Waals surface area contributed by atoms with Crippen LogP contribution in [-0.4, -0.2) is 6.29 Å². The van der Waals surface area contributed by atoms with E-state index in [0.717, 1.165) is 22.4 Å². The molecule has 0 saturated heterocycles. The van der Waals surface area contributed by atoms with Crippen LogP contribution in [0.3, 0.4) is 0 Å². The second kappa shape index (κ2) is 3.72. The molecule has 0 spiro atoms. The van der Waals surface area contributed by atoms with Gasteiger partial charge in [0.2, 0.25) is 0 Å². The maximum absolute atomic E-state index is 10.5. The number of hydrogen-bond donors (Lipinski definition) is 0. The summed E-state index contributed by atoms with van der Waals surface area (Å²) in [6.07, 6.45) is 0.933. The first-order valence-corrected chi connectivity index (χ1v) is 4.24. The van der Waals surface area contributed by atoms with Crippen LogP contribution < -0.4 is 0 Å². The van der Waals surface area contributed by atoms with Gasteiger partial charge in [-0.25, -0.2) is 0 Å². The predicted octanol–water partition coefficient (Wildman–Crippen LogP) is 2.95. The van der Waals surface area contributed by atoms with E-state index in [1.807, 2.05) is 32.0 Å². The van der Waals surface area contributed by atoms with Crippen LogP contribution in [-0.2, 0) is 4.79 Å². The normalized spacial score (nSPS) is 12.6. The number of carbonyl (C=O) groups is 1. The van der Waals surface area contributed by atoms with E-state index < -0.39 is 0 Å². The lowest BCUT2D eigenvalue weighted by Crippen LogP contribution is -1.94. The molecule has 0 saturated carbocycles. The minimum atomic E-state index is -0.0408. The van der Waals surface area contributed by atoms with Gasteiger partial charge in [0, 0.05) is 10.9 Å². The highest BCUT2D eigenvalue weighted by atomic mass is 35.5. The molecule has 0 aromatic heterocycles. The van der Waals surface area contributed by atoms with Crippen molar-refractivity contribution in [3.8, 4) is 0 Å². The summed E-state index contributed by atoms with van der Waals surface area (Å²) in [5.74, 6) is -0.0408. The van der Waals surface area contributed by atoms with Gasteiger partial charge in [0.1, 0.15) is 6.29 Å². The Hall–Kier alpha value is -0.820. The summed E-state index contributed by atoms with van der Waals surface area (Å²) in [6, 6.07) is 5.65. The van der Waals surface area contributed by atoms with Gasteiger partial charge in [-0.05, 0) is 24.1 Å². The van der Waals surface area contributed by atoms with Crippen LogP contribution in [0.15, 0.2) is 18.2 Å². The van der Waals surface area contributed by atoms with E-state index in [0.29, 0.717) is 0 Å². The Kier molecular flexibility index (Phi) is 2.88. The largest absolute Gasteiger partial charge is 0.303 e. The fourth-order valence-electron chi connectivity index (χ4n) is 1.03. The quantitative estimate of drug-likeness (QED) is 0.643. The molecule has 0 aliphatic heterocycles. The third-order valence-corrected chi connectivity index (χ3v) is 2.34. The highest BCUT2D eigenvalue weighted by molar-refractivity contribution is 6.31. The Balaban J connectivity index is 3.04. The van der Waals surface area contributed by atoms with Crippen LogP contribution in [0.4, 0.5) is 0 Å². The molecule has 1 unspecified atom stereocenters. The summed E-state index contributed by atoms with van der Waals surface area (Å²) in [5, 5.41) is 0.747. The standard InChI is InChI=1S/C10H11ClO/c1-7-5-9(8(2)6-12)3-4-10(7)11/h3-6,8H,1-2H3. The van der Waals surface area contributed by atoms with E-state index in [9.17, 15) is 4.79 Å². The lowest BCUT2D eigenvalue weighted by Gasteiger charge is -2.05. The molecule has 1 aromatic rings. The SMILES string of the molecule is Cc1cc(C(C)C=O)ccc1Cl. The first-order valence-electron chi connectivity index (χ1n) is 3.86. The van der Waals surface area contributed by atoms with E-state index in [1.54, 1.807) is 0 Å². The van der Waals surface area contributed by atoms with Crippen LogP contribution in [0.5, 0.6) is 0 Å². The highest BCUT2D eigenvalue weighted by Gasteiger charge is 2.04. The Morgan fingerprint density at radius 3 is 2.67 bits per heavy atom. The highest BCUT2D eigenvalue weighted by Crippen LogP contribution is 2.20. The maximum Gasteiger partial charge on any atom is 0.127 e. The van der Waals surface area contributed by atoms with E-state index in [4.69, 9.17) is 11.6 Å². The summed E-state index contributed by atoms with van der Waals surface area (Å²) in [6.45, 7) is 3.80. The minimum absolute atomic E-state index is 0.0408. The lowest BCUT2D eigenvalue weighted by molar-refractivity contribution is -0.108. The number of hydrogen-bond acceptors (Lipinski definition) is 1. The Labute approximate surface area is 77.4 Å². The second-order valence-electron chi connectivity index (χ2n) is 2.93. The molecule has 0 fully saturated rings. The molecule has 1 nitrogen and oxygen atoms in total. The number of carbonyl (C=O) groups excluding carboxylic acids is 1. The van der Waals surface area contributed by atoms with E-state index in [1.165, 1.54) is 0 Å². The molecule has 0 amide bonds. The Morgan fingerprint density at radius 2 is 2.17 bits per heavy atom. The molecule has 1 rings (SSSR count). The van der Waals surface area contributed by atoms with Gasteiger partial charge in [-0.3, -0.25) is 0 Å². The summed E-state index contributed by atoms with van der Waals surface area (Å²) in [7, 11) is 0. The topological polar surface area (TPSA) is 17.1 Å². The second-order valence-corrected chi connectivity index (χ2v) is 3.34. The van der Waals surface area contributed by atoms with Gasteiger partial charge >= 0.3 is 0 Å². The molecule has 64 valence electrons. The van der Waals surface area contributed by atoms with Crippen LogP contribution in [0.2, 0.25) is 5.02 Å². The van der Waals surface area contributed by atoms with E-state index >= 15 is 0 Å². The first kappa shape index (κ1) is 9.27. The number of halogens is 1. The molecule has 1 aromatic carbocycles. The van der Waals surface area contributed by atoms with Gasteiger partial charge in [-0.1, -0.05) is 30.7 Å². The van der Waals surface area contributed by atoms with Gasteiger partial charge in [0.15, 0.2) is 0 Å². The molecule has 1 atom stereocenters. The van der Waals surface area contributed by atoms with Crippen molar-refractivity contribution in [3.63, 3.8) is 0 Å². The summed E-state index contributed by atoms with van der Waals surface area (Å²) < 4.78 is 0. The molecule has 0 bridgehead atoms. The average Bonchev–Trinajstić information content (AvgIpc) is 2.08. The van der Waals surface area contributed by atoms with Gasteiger partial charge in [-0.15, -0.1) is 0 Å². The lowest BCUT2D eigenvalue weighted by atomic mass is 10.0. The molecule has 12 heavy (non-hydrogen) atoms. The molecule has 0 aliphatic rings. The summed E-state index contributed by atoms with van der Waals surface area (Å²) in [4.78, 5) is 10.5. The fourth-order valence-corrected chi connectivity index (χ4v) is 1.15. The van der Waals surface area contributed by atoms with Gasteiger partial charge < -0.3 is 4.79 Å². The van der Waals surface area contributed by atoms with Crippen LogP contribution in [0, 0.1) is 6.92 Å². The van der Waals surface area contributed by atoms with Crippen molar-refractivity contribution < 1.29 is 4.79 Å². The Bertz CT molecular complexity index is 294. The van der Waals surface area contributed by atoms with Crippen LogP contribution in [0.1, 0.15) is 24.0 Å². The van der Waals surface area contributed by atoms with Crippen molar-refractivity contribution in [2.24, 2.45) is 0 Å².